The molecule has 3 aromatic rings. The molecule has 30 heavy (non-hydrogen) atoms. The fourth-order valence-corrected chi connectivity index (χ4v) is 5.11. The summed E-state index contributed by atoms with van der Waals surface area (Å²) in [4.78, 5) is 2.39. The van der Waals surface area contributed by atoms with E-state index in [-0.39, 0.29) is 23.3 Å². The van der Waals surface area contributed by atoms with E-state index in [9.17, 15) is 12.8 Å². The predicted molar refractivity (Wildman–Crippen MR) is 119 cm³/mol. The van der Waals surface area contributed by atoms with Gasteiger partial charge in [-0.15, -0.1) is 12.4 Å². The van der Waals surface area contributed by atoms with Gasteiger partial charge in [0.05, 0.1) is 23.2 Å². The second-order valence-corrected chi connectivity index (χ2v) is 9.22. The first-order valence-electron chi connectivity index (χ1n) is 9.54. The molecule has 0 saturated carbocycles. The van der Waals surface area contributed by atoms with Crippen LogP contribution in [0.5, 0.6) is 5.75 Å². The second kappa shape index (κ2) is 8.83. The van der Waals surface area contributed by atoms with Crippen LogP contribution < -0.4 is 10.1 Å². The molecule has 0 aliphatic carbocycles. The minimum Gasteiger partial charge on any atom is -0.495 e. The maximum absolute atomic E-state index is 13.7. The van der Waals surface area contributed by atoms with Crippen LogP contribution in [-0.2, 0) is 10.0 Å². The molecule has 0 spiro atoms. The largest absolute Gasteiger partial charge is 0.495 e. The average molecular weight is 454 g/mol. The minimum absolute atomic E-state index is 0. The Morgan fingerprint density at radius 2 is 1.83 bits per heavy atom. The molecule has 1 aliphatic rings. The number of halogens is 2. The van der Waals surface area contributed by atoms with Crippen molar-refractivity contribution in [1.29, 1.82) is 0 Å². The van der Waals surface area contributed by atoms with Crippen LogP contribution in [0, 0.1) is 5.82 Å². The zero-order valence-corrected chi connectivity index (χ0v) is 18.5. The molecule has 0 unspecified atom stereocenters. The molecular weight excluding hydrogens is 429 g/mol. The van der Waals surface area contributed by atoms with E-state index in [1.165, 1.54) is 24.4 Å². The molecule has 1 aliphatic heterocycles. The summed E-state index contributed by atoms with van der Waals surface area (Å²) < 4.78 is 46.8. The van der Waals surface area contributed by atoms with Gasteiger partial charge in [-0.1, -0.05) is 0 Å². The lowest BCUT2D eigenvalue weighted by Gasteiger charge is -2.30. The number of anilines is 1. The Hall–Kier alpha value is -2.29. The van der Waals surface area contributed by atoms with Gasteiger partial charge in [-0.25, -0.2) is 16.8 Å². The fourth-order valence-electron chi connectivity index (χ4n) is 3.73. The number of hydrogen-bond donors (Lipinski definition) is 1. The van der Waals surface area contributed by atoms with Crippen molar-refractivity contribution < 1.29 is 17.5 Å². The number of hydrogen-bond acceptors (Lipinski definition) is 5. The molecule has 6 nitrogen and oxygen atoms in total. The van der Waals surface area contributed by atoms with E-state index in [1.807, 2.05) is 0 Å². The van der Waals surface area contributed by atoms with Crippen molar-refractivity contribution in [2.75, 3.05) is 32.6 Å². The number of nitrogens with one attached hydrogen (secondary N) is 1. The van der Waals surface area contributed by atoms with Gasteiger partial charge in [0.2, 0.25) is 0 Å². The van der Waals surface area contributed by atoms with Crippen LogP contribution in [0.25, 0.3) is 10.9 Å². The number of fused-ring (bicyclic) bond motifs is 1. The Balaban J connectivity index is 0.00000256. The van der Waals surface area contributed by atoms with E-state index < -0.39 is 15.8 Å². The first-order valence-corrected chi connectivity index (χ1v) is 11.0. The fraction of sp³-hybridized carbons (Fsp3) is 0.333. The molecule has 4 rings (SSSR count). The maximum atomic E-state index is 13.7. The summed E-state index contributed by atoms with van der Waals surface area (Å²) in [7, 11) is -0.237. The molecule has 0 atom stereocenters. The number of methoxy groups -OCH3 is 1. The normalized spacial score (nSPS) is 15.7. The van der Waals surface area contributed by atoms with Crippen LogP contribution in [0.4, 0.5) is 10.1 Å². The standard InChI is InChI=1S/C21H24FN3O3S.ClH/c1-24-10-8-17(9-11-24)23-19-14-18(5-6-21(19)28-2)29(26,27)25-12-7-15-3-4-16(22)13-20(15)25;/h3-7,12-14,17,23H,8-11H2,1-2H3;1H. The molecule has 162 valence electrons. The van der Waals surface area contributed by atoms with E-state index in [4.69, 9.17) is 4.74 Å². The van der Waals surface area contributed by atoms with E-state index in [0.717, 1.165) is 29.9 Å². The van der Waals surface area contributed by atoms with Gasteiger partial charge in [0.15, 0.2) is 0 Å². The van der Waals surface area contributed by atoms with Crippen molar-refractivity contribution in [2.24, 2.45) is 0 Å². The van der Waals surface area contributed by atoms with Crippen LogP contribution in [0.3, 0.4) is 0 Å². The van der Waals surface area contributed by atoms with Crippen LogP contribution >= 0.6 is 12.4 Å². The first-order chi connectivity index (χ1) is 13.9. The highest BCUT2D eigenvalue weighted by Crippen LogP contribution is 2.31. The van der Waals surface area contributed by atoms with Crippen LogP contribution in [0.15, 0.2) is 53.6 Å². The lowest BCUT2D eigenvalue weighted by Crippen LogP contribution is -2.36. The molecule has 1 aromatic heterocycles. The van der Waals surface area contributed by atoms with Crippen molar-refractivity contribution in [3.8, 4) is 5.75 Å². The molecule has 9 heteroatoms. The zero-order chi connectivity index (χ0) is 20.6. The van der Waals surface area contributed by atoms with Crippen molar-refractivity contribution in [3.05, 3.63) is 54.5 Å². The quantitative estimate of drug-likeness (QED) is 0.633. The summed E-state index contributed by atoms with van der Waals surface area (Å²) in [6.07, 6.45) is 3.39. The van der Waals surface area contributed by atoms with Crippen molar-refractivity contribution in [3.63, 3.8) is 0 Å². The van der Waals surface area contributed by atoms with E-state index >= 15 is 0 Å². The van der Waals surface area contributed by atoms with Crippen molar-refractivity contribution >= 4 is 39.0 Å². The van der Waals surface area contributed by atoms with E-state index in [2.05, 4.69) is 17.3 Å². The van der Waals surface area contributed by atoms with Crippen molar-refractivity contribution in [1.82, 2.24) is 8.87 Å². The van der Waals surface area contributed by atoms with E-state index in [0.29, 0.717) is 22.3 Å². The maximum Gasteiger partial charge on any atom is 0.268 e. The van der Waals surface area contributed by atoms with Gasteiger partial charge in [0.25, 0.3) is 10.0 Å². The Morgan fingerprint density at radius 3 is 2.53 bits per heavy atom. The number of aromatic nitrogens is 1. The third-order valence-corrected chi connectivity index (χ3v) is 7.11. The molecule has 1 saturated heterocycles. The molecule has 2 aromatic carbocycles. The number of piperidine rings is 1. The monoisotopic (exact) mass is 453 g/mol. The summed E-state index contributed by atoms with van der Waals surface area (Å²) in [5.41, 5.74) is 0.955. The highest BCUT2D eigenvalue weighted by Gasteiger charge is 2.23. The summed E-state index contributed by atoms with van der Waals surface area (Å²) in [5.74, 6) is 0.110. The Bertz CT molecular complexity index is 1140. The summed E-state index contributed by atoms with van der Waals surface area (Å²) in [6.45, 7) is 1.97. The summed E-state index contributed by atoms with van der Waals surface area (Å²) in [6, 6.07) is 10.8. The van der Waals surface area contributed by atoms with Crippen LogP contribution in [0.2, 0.25) is 0 Å². The number of ether oxygens (including phenoxy) is 1. The van der Waals surface area contributed by atoms with Gasteiger partial charge in [0, 0.05) is 17.6 Å². The number of rotatable bonds is 5. The lowest BCUT2D eigenvalue weighted by molar-refractivity contribution is 0.263. The molecule has 1 N–H and O–H groups in total. The molecule has 0 bridgehead atoms. The third-order valence-electron chi connectivity index (χ3n) is 5.43. The Morgan fingerprint density at radius 1 is 1.10 bits per heavy atom. The van der Waals surface area contributed by atoms with Crippen LogP contribution in [0.1, 0.15) is 12.8 Å². The topological polar surface area (TPSA) is 63.6 Å². The van der Waals surface area contributed by atoms with E-state index in [1.54, 1.807) is 31.4 Å². The molecule has 2 heterocycles. The Labute approximate surface area is 182 Å². The van der Waals surface area contributed by atoms with Gasteiger partial charge in [-0.05, 0) is 75.4 Å². The minimum atomic E-state index is -3.89. The predicted octanol–water partition coefficient (Wildman–Crippen LogP) is 3.95. The number of nitrogens with zero attached hydrogens (tertiary/aromatic N) is 2. The Kier molecular flexibility index (Phi) is 6.59. The first kappa shape index (κ1) is 22.4. The van der Waals surface area contributed by atoms with Crippen molar-refractivity contribution in [2.45, 2.75) is 23.8 Å². The van der Waals surface area contributed by atoms with Gasteiger partial charge in [-0.2, -0.15) is 0 Å². The highest BCUT2D eigenvalue weighted by atomic mass is 35.5. The van der Waals surface area contributed by atoms with Crippen LogP contribution in [-0.4, -0.2) is 50.6 Å². The molecular formula is C21H25ClFN3O3S. The molecule has 0 amide bonds. The summed E-state index contributed by atoms with van der Waals surface area (Å²) >= 11 is 0. The second-order valence-electron chi connectivity index (χ2n) is 7.40. The zero-order valence-electron chi connectivity index (χ0n) is 16.8. The SMILES string of the molecule is COc1ccc(S(=O)(=O)n2ccc3ccc(F)cc32)cc1NC1CCN(C)CC1.Cl. The van der Waals surface area contributed by atoms with Gasteiger partial charge >= 0.3 is 0 Å². The van der Waals surface area contributed by atoms with Gasteiger partial charge in [-0.3, -0.25) is 0 Å². The third kappa shape index (κ3) is 4.26. The molecule has 0 radical (unpaired) electrons. The average Bonchev–Trinajstić information content (AvgIpc) is 3.13. The lowest BCUT2D eigenvalue weighted by atomic mass is 10.1. The highest BCUT2D eigenvalue weighted by molar-refractivity contribution is 7.90. The number of benzene rings is 2. The van der Waals surface area contributed by atoms with Gasteiger partial charge in [0.1, 0.15) is 11.6 Å². The number of likely N-dealkylation sites (tertiary alicyclic amines) is 1. The van der Waals surface area contributed by atoms with Gasteiger partial charge < -0.3 is 15.0 Å². The smallest absolute Gasteiger partial charge is 0.268 e. The molecule has 1 fully saturated rings. The summed E-state index contributed by atoms with van der Waals surface area (Å²) in [5, 5.41) is 4.10.